The molecule has 5 N–H and O–H groups in total. The van der Waals surface area contributed by atoms with Crippen LogP contribution in [0.1, 0.15) is 17.0 Å². The number of phenols is 1. The number of carbonyl (C=O) groups is 1. The molecular weight excluding hydrogens is 344 g/mol. The molecule has 4 rings (SSSR count). The molecule has 2 aromatic carbocycles. The quantitative estimate of drug-likeness (QED) is 0.414. The number of nitrogens with zero attached hydrogens (tertiary/aromatic N) is 2. The van der Waals surface area contributed by atoms with Gasteiger partial charge in [-0.15, -0.1) is 5.10 Å². The van der Waals surface area contributed by atoms with Crippen LogP contribution in [0.15, 0.2) is 60.9 Å². The molecule has 7 heteroatoms. The van der Waals surface area contributed by atoms with Gasteiger partial charge >= 0.3 is 5.97 Å². The van der Waals surface area contributed by atoms with Gasteiger partial charge in [0.1, 0.15) is 11.7 Å². The Morgan fingerprint density at radius 1 is 1.07 bits per heavy atom. The van der Waals surface area contributed by atoms with Crippen molar-refractivity contribution < 1.29 is 15.0 Å². The summed E-state index contributed by atoms with van der Waals surface area (Å²) in [4.78, 5) is 15.1. The van der Waals surface area contributed by atoms with E-state index in [1.165, 1.54) is 12.1 Å². The fourth-order valence-corrected chi connectivity index (χ4v) is 3.29. The molecule has 27 heavy (non-hydrogen) atoms. The van der Waals surface area contributed by atoms with Crippen molar-refractivity contribution in [3.8, 4) is 16.9 Å². The number of aliphatic carboxylic acids is 1. The van der Waals surface area contributed by atoms with E-state index in [1.54, 1.807) is 30.6 Å². The van der Waals surface area contributed by atoms with Crippen molar-refractivity contribution in [3.63, 3.8) is 0 Å². The Bertz CT molecular complexity index is 1140. The van der Waals surface area contributed by atoms with Crippen LogP contribution in [0.3, 0.4) is 0 Å². The van der Waals surface area contributed by atoms with E-state index in [4.69, 9.17) is 5.73 Å². The number of aromatic nitrogens is 3. The minimum Gasteiger partial charge on any atom is -0.508 e. The molecule has 2 heterocycles. The Hall–Kier alpha value is -3.87. The number of nitrogens with two attached hydrogens (primary N) is 1. The Kier molecular flexibility index (Phi) is 3.97. The number of phenolic OH excluding ortho intramolecular Hbond substituents is 1. The van der Waals surface area contributed by atoms with Crippen LogP contribution < -0.4 is 5.73 Å². The smallest absolute Gasteiger partial charge is 0.315 e. The monoisotopic (exact) mass is 360 g/mol. The number of hydrogen-bond donors (Lipinski definition) is 4. The van der Waals surface area contributed by atoms with E-state index >= 15 is 0 Å². The molecular formula is C20H16N4O3. The number of H-pyrrole nitrogens is 1. The average molecular weight is 360 g/mol. The highest BCUT2D eigenvalue weighted by Gasteiger charge is 2.27. The third kappa shape index (κ3) is 2.85. The fourth-order valence-electron chi connectivity index (χ4n) is 3.29. The number of fused-ring (bicyclic) bond motifs is 1. The van der Waals surface area contributed by atoms with E-state index in [-0.39, 0.29) is 5.75 Å². The molecule has 1 atom stereocenters. The second-order valence-electron chi connectivity index (χ2n) is 6.18. The number of carboxylic acid groups (broad SMARTS) is 1. The first-order valence-electron chi connectivity index (χ1n) is 8.25. The van der Waals surface area contributed by atoms with Crippen molar-refractivity contribution in [2.24, 2.45) is 0 Å². The summed E-state index contributed by atoms with van der Waals surface area (Å²) in [6.07, 6.45) is 3.22. The van der Waals surface area contributed by atoms with Crippen LogP contribution in [-0.2, 0) is 4.79 Å². The molecule has 0 fully saturated rings. The SMILES string of the molecule is Nc1ccccc1-c1cnnc2[nH]cc(C(C(=O)O)c3ccc(O)cc3)c12. The number of carboxylic acids is 1. The third-order valence-corrected chi connectivity index (χ3v) is 4.54. The van der Waals surface area contributed by atoms with E-state index in [0.29, 0.717) is 33.4 Å². The van der Waals surface area contributed by atoms with Gasteiger partial charge in [0, 0.05) is 28.4 Å². The first kappa shape index (κ1) is 16.6. The molecule has 0 radical (unpaired) electrons. The largest absolute Gasteiger partial charge is 0.508 e. The van der Waals surface area contributed by atoms with Crippen LogP contribution in [-0.4, -0.2) is 31.4 Å². The Morgan fingerprint density at radius 3 is 2.52 bits per heavy atom. The molecule has 0 aliphatic rings. The summed E-state index contributed by atoms with van der Waals surface area (Å²) in [6.45, 7) is 0. The van der Waals surface area contributed by atoms with E-state index in [9.17, 15) is 15.0 Å². The summed E-state index contributed by atoms with van der Waals surface area (Å²) in [7, 11) is 0. The number of nitrogen functional groups attached to an aromatic ring is 1. The second-order valence-corrected chi connectivity index (χ2v) is 6.18. The number of benzene rings is 2. The zero-order valence-electron chi connectivity index (χ0n) is 14.1. The van der Waals surface area contributed by atoms with E-state index in [1.807, 2.05) is 18.2 Å². The van der Waals surface area contributed by atoms with Crippen LogP contribution in [0, 0.1) is 0 Å². The lowest BCUT2D eigenvalue weighted by molar-refractivity contribution is -0.137. The van der Waals surface area contributed by atoms with Gasteiger partial charge in [-0.3, -0.25) is 4.79 Å². The predicted molar refractivity (Wildman–Crippen MR) is 101 cm³/mol. The molecule has 1 unspecified atom stereocenters. The molecule has 7 nitrogen and oxygen atoms in total. The number of nitrogens with one attached hydrogen (secondary N) is 1. The summed E-state index contributed by atoms with van der Waals surface area (Å²) in [5.74, 6) is -1.87. The van der Waals surface area contributed by atoms with Gasteiger partial charge in [0.2, 0.25) is 0 Å². The molecule has 0 aliphatic heterocycles. The highest BCUT2D eigenvalue weighted by atomic mass is 16.4. The number of anilines is 1. The predicted octanol–water partition coefficient (Wildman–Crippen LogP) is 3.13. The van der Waals surface area contributed by atoms with Gasteiger partial charge in [0.05, 0.1) is 6.20 Å². The first-order valence-corrected chi connectivity index (χ1v) is 8.25. The van der Waals surface area contributed by atoms with Crippen molar-refractivity contribution in [1.29, 1.82) is 0 Å². The lowest BCUT2D eigenvalue weighted by Gasteiger charge is -2.14. The van der Waals surface area contributed by atoms with Crippen LogP contribution in [0.2, 0.25) is 0 Å². The van der Waals surface area contributed by atoms with E-state index in [2.05, 4.69) is 15.2 Å². The summed E-state index contributed by atoms with van der Waals surface area (Å²) in [5, 5.41) is 28.2. The summed E-state index contributed by atoms with van der Waals surface area (Å²) in [6, 6.07) is 13.5. The molecule has 2 aromatic heterocycles. The summed E-state index contributed by atoms with van der Waals surface area (Å²) in [5.41, 5.74) is 9.73. The van der Waals surface area contributed by atoms with Gasteiger partial charge in [-0.05, 0) is 29.3 Å². The molecule has 134 valence electrons. The zero-order valence-corrected chi connectivity index (χ0v) is 14.1. The average Bonchev–Trinajstić information content (AvgIpc) is 3.08. The molecule has 0 spiro atoms. The van der Waals surface area contributed by atoms with Gasteiger partial charge in [-0.2, -0.15) is 5.10 Å². The van der Waals surface area contributed by atoms with Gasteiger partial charge in [0.15, 0.2) is 5.65 Å². The maximum Gasteiger partial charge on any atom is 0.315 e. The maximum atomic E-state index is 12.1. The zero-order chi connectivity index (χ0) is 19.0. The van der Waals surface area contributed by atoms with Crippen molar-refractivity contribution >= 4 is 22.7 Å². The number of rotatable bonds is 4. The van der Waals surface area contributed by atoms with Crippen LogP contribution in [0.25, 0.3) is 22.2 Å². The van der Waals surface area contributed by atoms with Crippen molar-refractivity contribution in [1.82, 2.24) is 15.2 Å². The van der Waals surface area contributed by atoms with Gasteiger partial charge in [0.25, 0.3) is 0 Å². The maximum absolute atomic E-state index is 12.1. The van der Waals surface area contributed by atoms with E-state index < -0.39 is 11.9 Å². The lowest BCUT2D eigenvalue weighted by Crippen LogP contribution is -2.13. The number of hydrogen-bond acceptors (Lipinski definition) is 5. The Balaban J connectivity index is 1.98. The van der Waals surface area contributed by atoms with Gasteiger partial charge in [-0.1, -0.05) is 30.3 Å². The van der Waals surface area contributed by atoms with Crippen molar-refractivity contribution in [3.05, 3.63) is 72.1 Å². The lowest BCUT2D eigenvalue weighted by atomic mass is 9.89. The Morgan fingerprint density at radius 2 is 1.81 bits per heavy atom. The minimum absolute atomic E-state index is 0.0745. The molecule has 0 amide bonds. The highest BCUT2D eigenvalue weighted by molar-refractivity contribution is 6.00. The van der Waals surface area contributed by atoms with Crippen molar-refractivity contribution in [2.75, 3.05) is 5.73 Å². The normalized spacial score (nSPS) is 12.1. The molecule has 0 bridgehead atoms. The highest BCUT2D eigenvalue weighted by Crippen LogP contribution is 2.38. The first-order chi connectivity index (χ1) is 13.1. The molecule has 0 aliphatic carbocycles. The number of para-hydroxylation sites is 1. The molecule has 0 saturated heterocycles. The number of aromatic hydroxyl groups is 1. The number of aromatic amines is 1. The standard InChI is InChI=1S/C20H16N4O3/c21-16-4-2-1-3-13(16)14-10-23-24-19-18(14)15(9-22-19)17(20(26)27)11-5-7-12(25)8-6-11/h1-10,17,25H,21H2,(H,22,24)(H,26,27). The van der Waals surface area contributed by atoms with E-state index in [0.717, 1.165) is 5.56 Å². The fraction of sp³-hybridized carbons (Fsp3) is 0.0500. The summed E-state index contributed by atoms with van der Waals surface area (Å²) < 4.78 is 0. The van der Waals surface area contributed by atoms with Crippen LogP contribution in [0.5, 0.6) is 5.75 Å². The molecule has 4 aromatic rings. The van der Waals surface area contributed by atoms with Crippen molar-refractivity contribution in [2.45, 2.75) is 5.92 Å². The minimum atomic E-state index is -1.01. The summed E-state index contributed by atoms with van der Waals surface area (Å²) >= 11 is 0. The van der Waals surface area contributed by atoms with Gasteiger partial charge in [-0.25, -0.2) is 0 Å². The van der Waals surface area contributed by atoms with Gasteiger partial charge < -0.3 is 20.9 Å². The Labute approximate surface area is 154 Å². The van der Waals surface area contributed by atoms with Crippen LogP contribution in [0.4, 0.5) is 5.69 Å². The topological polar surface area (TPSA) is 125 Å². The molecule has 0 saturated carbocycles. The second kappa shape index (κ2) is 6.45. The third-order valence-electron chi connectivity index (χ3n) is 4.54. The van der Waals surface area contributed by atoms with Crippen LogP contribution >= 0.6 is 0 Å².